The fourth-order valence-electron chi connectivity index (χ4n) is 3.47. The number of aryl methyl sites for hydroxylation is 3. The molecule has 1 amide bonds. The maximum atomic E-state index is 12.9. The third-order valence-corrected chi connectivity index (χ3v) is 6.03. The molecule has 1 aliphatic rings. The van der Waals surface area contributed by atoms with Gasteiger partial charge in [0.05, 0.1) is 11.7 Å². The van der Waals surface area contributed by atoms with Gasteiger partial charge in [0, 0.05) is 29.1 Å². The molecule has 0 bridgehead atoms. The molecule has 0 unspecified atom stereocenters. The number of benzene rings is 1. The molecule has 0 aliphatic heterocycles. The van der Waals surface area contributed by atoms with Crippen molar-refractivity contribution in [3.05, 3.63) is 57.0 Å². The summed E-state index contributed by atoms with van der Waals surface area (Å²) < 4.78 is 1.54. The number of rotatable bonds is 4. The van der Waals surface area contributed by atoms with Gasteiger partial charge in [0.25, 0.3) is 5.56 Å². The number of hydrogen-bond acceptors (Lipinski definition) is 4. The third-order valence-electron chi connectivity index (χ3n) is 4.83. The van der Waals surface area contributed by atoms with Crippen molar-refractivity contribution in [3.63, 3.8) is 0 Å². The summed E-state index contributed by atoms with van der Waals surface area (Å²) in [5.41, 5.74) is 2.49. The molecular formula is C21H19N3O2S. The summed E-state index contributed by atoms with van der Waals surface area (Å²) in [6.07, 6.45) is 11.4. The highest BCUT2D eigenvalue weighted by atomic mass is 32.1. The van der Waals surface area contributed by atoms with Crippen molar-refractivity contribution in [1.29, 1.82) is 0 Å². The van der Waals surface area contributed by atoms with Gasteiger partial charge in [-0.05, 0) is 49.4 Å². The first-order chi connectivity index (χ1) is 13.2. The van der Waals surface area contributed by atoms with Gasteiger partial charge in [0.1, 0.15) is 4.83 Å². The van der Waals surface area contributed by atoms with E-state index in [4.69, 9.17) is 6.42 Å². The van der Waals surface area contributed by atoms with E-state index >= 15 is 0 Å². The van der Waals surface area contributed by atoms with Crippen molar-refractivity contribution < 1.29 is 4.79 Å². The zero-order valence-corrected chi connectivity index (χ0v) is 15.6. The molecule has 3 aromatic rings. The van der Waals surface area contributed by atoms with Crippen molar-refractivity contribution in [3.8, 4) is 12.3 Å². The fraction of sp³-hybridized carbons (Fsp3) is 0.286. The lowest BCUT2D eigenvalue weighted by Crippen LogP contribution is -2.24. The van der Waals surface area contributed by atoms with Gasteiger partial charge < -0.3 is 5.32 Å². The Balaban J connectivity index is 1.50. The molecular weight excluding hydrogens is 358 g/mol. The molecule has 1 aromatic carbocycles. The predicted molar refractivity (Wildman–Crippen MR) is 108 cm³/mol. The molecule has 0 spiro atoms. The van der Waals surface area contributed by atoms with Crippen molar-refractivity contribution >= 4 is 33.1 Å². The molecule has 5 nitrogen and oxygen atoms in total. The molecule has 2 aromatic heterocycles. The first kappa shape index (κ1) is 17.5. The third kappa shape index (κ3) is 3.51. The Kier molecular flexibility index (Phi) is 4.78. The number of thiophene rings is 1. The van der Waals surface area contributed by atoms with Crippen LogP contribution in [0.2, 0.25) is 0 Å². The normalized spacial score (nSPS) is 13.1. The molecule has 0 atom stereocenters. The predicted octanol–water partition coefficient (Wildman–Crippen LogP) is 3.35. The summed E-state index contributed by atoms with van der Waals surface area (Å²) in [5, 5.41) is 3.57. The Morgan fingerprint density at radius 2 is 2.19 bits per heavy atom. The molecule has 1 N–H and O–H groups in total. The van der Waals surface area contributed by atoms with Gasteiger partial charge in [-0.25, -0.2) is 4.98 Å². The van der Waals surface area contributed by atoms with E-state index in [0.717, 1.165) is 29.5 Å². The highest BCUT2D eigenvalue weighted by Gasteiger charge is 2.20. The van der Waals surface area contributed by atoms with Gasteiger partial charge in [-0.2, -0.15) is 0 Å². The van der Waals surface area contributed by atoms with Crippen LogP contribution in [0.1, 0.15) is 35.3 Å². The molecule has 0 radical (unpaired) electrons. The lowest BCUT2D eigenvalue weighted by molar-refractivity contribution is -0.116. The largest absolute Gasteiger partial charge is 0.326 e. The molecule has 136 valence electrons. The Labute approximate surface area is 161 Å². The van der Waals surface area contributed by atoms with Gasteiger partial charge in [0.2, 0.25) is 5.91 Å². The maximum Gasteiger partial charge on any atom is 0.262 e. The van der Waals surface area contributed by atoms with Crippen LogP contribution < -0.4 is 10.9 Å². The van der Waals surface area contributed by atoms with Crippen LogP contribution in [-0.2, 0) is 24.2 Å². The number of aromatic nitrogens is 2. The quantitative estimate of drug-likeness (QED) is 0.709. The number of carbonyl (C=O) groups excluding carboxylic acids is 1. The van der Waals surface area contributed by atoms with E-state index in [1.165, 1.54) is 16.9 Å². The number of anilines is 1. The van der Waals surface area contributed by atoms with Gasteiger partial charge in [-0.3, -0.25) is 14.2 Å². The van der Waals surface area contributed by atoms with Gasteiger partial charge in [-0.1, -0.05) is 12.0 Å². The van der Waals surface area contributed by atoms with Crippen LogP contribution >= 0.6 is 11.3 Å². The monoisotopic (exact) mass is 377 g/mol. The average molecular weight is 377 g/mol. The van der Waals surface area contributed by atoms with Crippen LogP contribution in [0.5, 0.6) is 0 Å². The van der Waals surface area contributed by atoms with Crippen LogP contribution in [0.15, 0.2) is 35.4 Å². The summed E-state index contributed by atoms with van der Waals surface area (Å²) in [6, 6.07) is 7.13. The van der Waals surface area contributed by atoms with Gasteiger partial charge in [-0.15, -0.1) is 17.8 Å². The van der Waals surface area contributed by atoms with Crippen molar-refractivity contribution in [1.82, 2.24) is 9.55 Å². The van der Waals surface area contributed by atoms with Crippen molar-refractivity contribution in [2.45, 2.75) is 38.6 Å². The number of nitrogens with zero attached hydrogens (tertiary/aromatic N) is 2. The molecule has 0 saturated carbocycles. The number of terminal acetylenes is 1. The lowest BCUT2D eigenvalue weighted by Gasteiger charge is -2.10. The molecule has 27 heavy (non-hydrogen) atoms. The van der Waals surface area contributed by atoms with E-state index in [0.29, 0.717) is 17.8 Å². The number of carbonyl (C=O) groups is 1. The first-order valence-corrected chi connectivity index (χ1v) is 9.83. The van der Waals surface area contributed by atoms with Crippen LogP contribution in [0.3, 0.4) is 0 Å². The number of amides is 1. The molecule has 0 fully saturated rings. The van der Waals surface area contributed by atoms with Crippen molar-refractivity contribution in [2.24, 2.45) is 0 Å². The Morgan fingerprint density at radius 1 is 1.33 bits per heavy atom. The maximum absolute atomic E-state index is 12.9. The summed E-state index contributed by atoms with van der Waals surface area (Å²) in [5.74, 6) is 2.38. The van der Waals surface area contributed by atoms with E-state index in [9.17, 15) is 9.59 Å². The van der Waals surface area contributed by atoms with E-state index < -0.39 is 0 Å². The molecule has 2 heterocycles. The van der Waals surface area contributed by atoms with E-state index in [2.05, 4.69) is 16.2 Å². The first-order valence-electron chi connectivity index (χ1n) is 9.02. The van der Waals surface area contributed by atoms with Gasteiger partial charge in [0.15, 0.2) is 0 Å². The fourth-order valence-corrected chi connectivity index (χ4v) is 4.69. The minimum Gasteiger partial charge on any atom is -0.326 e. The topological polar surface area (TPSA) is 64.0 Å². The van der Waals surface area contributed by atoms with Crippen LogP contribution in [0, 0.1) is 12.3 Å². The van der Waals surface area contributed by atoms with Gasteiger partial charge >= 0.3 is 0 Å². The number of hydrogen-bond donors (Lipinski definition) is 1. The standard InChI is InChI=1S/C21H19N3O2S/c1-2-14-6-5-7-15(12-14)23-18(25)10-11-24-13-22-20-19(21(24)26)16-8-3-4-9-17(16)27-20/h1,5-7,12-13H,3-4,8-11H2,(H,23,25). The summed E-state index contributed by atoms with van der Waals surface area (Å²) in [4.78, 5) is 31.7. The molecule has 4 rings (SSSR count). The zero-order valence-electron chi connectivity index (χ0n) is 14.8. The second-order valence-corrected chi connectivity index (χ2v) is 7.74. The lowest BCUT2D eigenvalue weighted by atomic mass is 9.97. The highest BCUT2D eigenvalue weighted by molar-refractivity contribution is 7.18. The van der Waals surface area contributed by atoms with Crippen molar-refractivity contribution in [2.75, 3.05) is 5.32 Å². The summed E-state index contributed by atoms with van der Waals surface area (Å²) in [7, 11) is 0. The minimum absolute atomic E-state index is 0.0403. The van der Waals surface area contributed by atoms with E-state index in [-0.39, 0.29) is 17.9 Å². The van der Waals surface area contributed by atoms with E-state index in [1.807, 2.05) is 0 Å². The Morgan fingerprint density at radius 3 is 3.04 bits per heavy atom. The number of nitrogens with one attached hydrogen (secondary N) is 1. The smallest absolute Gasteiger partial charge is 0.262 e. The second kappa shape index (κ2) is 7.37. The zero-order chi connectivity index (χ0) is 18.8. The Hall–Kier alpha value is -2.91. The minimum atomic E-state index is -0.163. The highest BCUT2D eigenvalue weighted by Crippen LogP contribution is 2.33. The molecule has 1 aliphatic carbocycles. The SMILES string of the molecule is C#Cc1cccc(NC(=O)CCn2cnc3sc4c(c3c2=O)CCCC4)c1. The second-order valence-electron chi connectivity index (χ2n) is 6.66. The van der Waals surface area contributed by atoms with Crippen LogP contribution in [-0.4, -0.2) is 15.5 Å². The van der Waals surface area contributed by atoms with Crippen LogP contribution in [0.25, 0.3) is 10.2 Å². The molecule has 0 saturated heterocycles. The van der Waals surface area contributed by atoms with E-state index in [1.54, 1.807) is 46.5 Å². The Bertz CT molecular complexity index is 1120. The van der Waals surface area contributed by atoms with Crippen LogP contribution in [0.4, 0.5) is 5.69 Å². The average Bonchev–Trinajstić information content (AvgIpc) is 3.07. The summed E-state index contributed by atoms with van der Waals surface area (Å²) in [6.45, 7) is 0.299. The number of fused-ring (bicyclic) bond motifs is 3. The molecule has 6 heteroatoms. The summed E-state index contributed by atoms with van der Waals surface area (Å²) >= 11 is 1.63.